The van der Waals surface area contributed by atoms with Crippen molar-refractivity contribution in [1.82, 2.24) is 4.72 Å². The first-order valence-electron chi connectivity index (χ1n) is 3.79. The van der Waals surface area contributed by atoms with Crippen molar-refractivity contribution in [2.75, 3.05) is 7.05 Å². The lowest BCUT2D eigenvalue weighted by atomic mass is 10.1. The molecule has 1 aliphatic carbocycles. The maximum atomic E-state index is 11.3. The van der Waals surface area contributed by atoms with Crippen molar-refractivity contribution < 1.29 is 13.5 Å². The third kappa shape index (κ3) is 2.02. The van der Waals surface area contributed by atoms with Crippen LogP contribution in [0.5, 0.6) is 0 Å². The van der Waals surface area contributed by atoms with Crippen LogP contribution in [0.4, 0.5) is 0 Å². The highest BCUT2D eigenvalue weighted by atomic mass is 32.2. The SMILES string of the molecule is CNS(=O)(=O)C1=CC(N)=C(O)CC1. The van der Waals surface area contributed by atoms with Gasteiger partial charge in [-0.15, -0.1) is 0 Å². The molecule has 0 spiro atoms. The molecule has 0 aromatic heterocycles. The minimum Gasteiger partial charge on any atom is -0.510 e. The predicted molar refractivity (Wildman–Crippen MR) is 49.1 cm³/mol. The molecule has 0 saturated heterocycles. The number of sulfonamides is 1. The molecular weight excluding hydrogens is 192 g/mol. The van der Waals surface area contributed by atoms with Crippen LogP contribution in [0.3, 0.4) is 0 Å². The van der Waals surface area contributed by atoms with Crippen molar-refractivity contribution in [1.29, 1.82) is 0 Å². The summed E-state index contributed by atoms with van der Waals surface area (Å²) >= 11 is 0. The molecule has 0 saturated carbocycles. The van der Waals surface area contributed by atoms with Crippen molar-refractivity contribution >= 4 is 10.0 Å². The normalized spacial score (nSPS) is 18.7. The molecule has 0 fully saturated rings. The van der Waals surface area contributed by atoms with Gasteiger partial charge in [0.25, 0.3) is 0 Å². The van der Waals surface area contributed by atoms with Crippen LogP contribution in [0, 0.1) is 0 Å². The fourth-order valence-electron chi connectivity index (χ4n) is 1.06. The van der Waals surface area contributed by atoms with Gasteiger partial charge in [0, 0.05) is 6.42 Å². The zero-order chi connectivity index (χ0) is 10.1. The van der Waals surface area contributed by atoms with Crippen LogP contribution in [-0.2, 0) is 10.0 Å². The van der Waals surface area contributed by atoms with Crippen LogP contribution in [-0.4, -0.2) is 20.6 Å². The maximum absolute atomic E-state index is 11.3. The van der Waals surface area contributed by atoms with Gasteiger partial charge in [-0.2, -0.15) is 0 Å². The van der Waals surface area contributed by atoms with Gasteiger partial charge in [0.2, 0.25) is 10.0 Å². The zero-order valence-electron chi connectivity index (χ0n) is 7.24. The number of nitrogens with two attached hydrogens (primary N) is 1. The second-order valence-electron chi connectivity index (χ2n) is 2.72. The highest BCUT2D eigenvalue weighted by molar-refractivity contribution is 7.93. The molecule has 0 aromatic rings. The predicted octanol–water partition coefficient (Wildman–Crippen LogP) is -0.0584. The standard InChI is InChI=1S/C7H12N2O3S/c1-9-13(11,12)5-2-3-7(10)6(8)4-5/h4,9-10H,2-3,8H2,1H3. The molecule has 0 heterocycles. The van der Waals surface area contributed by atoms with E-state index in [2.05, 4.69) is 4.72 Å². The second-order valence-corrected chi connectivity index (χ2v) is 4.66. The smallest absolute Gasteiger partial charge is 0.236 e. The largest absolute Gasteiger partial charge is 0.510 e. The average Bonchev–Trinajstić information content (AvgIpc) is 2.09. The summed E-state index contributed by atoms with van der Waals surface area (Å²) in [6, 6.07) is 0. The molecule has 1 aliphatic rings. The Labute approximate surface area is 77.0 Å². The van der Waals surface area contributed by atoms with Gasteiger partial charge >= 0.3 is 0 Å². The quantitative estimate of drug-likeness (QED) is 0.587. The third-order valence-corrected chi connectivity index (χ3v) is 3.42. The fourth-order valence-corrected chi connectivity index (χ4v) is 1.97. The van der Waals surface area contributed by atoms with E-state index in [0.29, 0.717) is 0 Å². The van der Waals surface area contributed by atoms with Gasteiger partial charge in [0.05, 0.1) is 10.6 Å². The van der Waals surface area contributed by atoms with E-state index < -0.39 is 10.0 Å². The lowest BCUT2D eigenvalue weighted by Gasteiger charge is -2.13. The van der Waals surface area contributed by atoms with Gasteiger partial charge in [0.1, 0.15) is 5.76 Å². The average molecular weight is 204 g/mol. The lowest BCUT2D eigenvalue weighted by molar-refractivity contribution is 0.380. The number of aliphatic hydroxyl groups excluding tert-OH is 1. The molecule has 0 atom stereocenters. The molecule has 0 unspecified atom stereocenters. The van der Waals surface area contributed by atoms with Crippen molar-refractivity contribution in [3.63, 3.8) is 0 Å². The summed E-state index contributed by atoms with van der Waals surface area (Å²) in [6.45, 7) is 0. The van der Waals surface area contributed by atoms with E-state index in [9.17, 15) is 8.42 Å². The van der Waals surface area contributed by atoms with Crippen LogP contribution >= 0.6 is 0 Å². The van der Waals surface area contributed by atoms with Crippen molar-refractivity contribution in [2.24, 2.45) is 5.73 Å². The monoisotopic (exact) mass is 204 g/mol. The molecule has 0 amide bonds. The zero-order valence-corrected chi connectivity index (χ0v) is 8.06. The highest BCUT2D eigenvalue weighted by Crippen LogP contribution is 2.22. The maximum Gasteiger partial charge on any atom is 0.236 e. The molecular formula is C7H12N2O3S. The Bertz CT molecular complexity index is 367. The lowest BCUT2D eigenvalue weighted by Crippen LogP contribution is -2.22. The topological polar surface area (TPSA) is 92.4 Å². The van der Waals surface area contributed by atoms with E-state index in [1.807, 2.05) is 0 Å². The van der Waals surface area contributed by atoms with Crippen molar-refractivity contribution in [3.8, 4) is 0 Å². The first-order chi connectivity index (χ1) is 5.97. The Morgan fingerprint density at radius 3 is 2.62 bits per heavy atom. The third-order valence-electron chi connectivity index (χ3n) is 1.87. The minimum absolute atomic E-state index is 0.0510. The van der Waals surface area contributed by atoms with E-state index in [0.717, 1.165) is 0 Å². The number of aliphatic hydroxyl groups is 1. The molecule has 0 aromatic carbocycles. The molecule has 0 aliphatic heterocycles. The molecule has 74 valence electrons. The van der Waals surface area contributed by atoms with Crippen LogP contribution in [0.15, 0.2) is 22.4 Å². The Kier molecular flexibility index (Phi) is 2.63. The van der Waals surface area contributed by atoms with Crippen molar-refractivity contribution in [2.45, 2.75) is 12.8 Å². The highest BCUT2D eigenvalue weighted by Gasteiger charge is 2.20. The first-order valence-corrected chi connectivity index (χ1v) is 5.27. The number of hydrogen-bond acceptors (Lipinski definition) is 4. The van der Waals surface area contributed by atoms with Gasteiger partial charge in [-0.05, 0) is 19.5 Å². The number of allylic oxidation sites excluding steroid dienone is 3. The van der Waals surface area contributed by atoms with Gasteiger partial charge in [-0.25, -0.2) is 13.1 Å². The van der Waals surface area contributed by atoms with E-state index in [4.69, 9.17) is 10.8 Å². The Hall–Kier alpha value is -1.01. The van der Waals surface area contributed by atoms with Crippen LogP contribution in [0.2, 0.25) is 0 Å². The molecule has 4 N–H and O–H groups in total. The number of hydrogen-bond donors (Lipinski definition) is 3. The van der Waals surface area contributed by atoms with Crippen LogP contribution in [0.1, 0.15) is 12.8 Å². The molecule has 13 heavy (non-hydrogen) atoms. The summed E-state index contributed by atoms with van der Waals surface area (Å²) in [4.78, 5) is 0.213. The van der Waals surface area contributed by atoms with E-state index in [1.54, 1.807) is 0 Å². The summed E-state index contributed by atoms with van der Waals surface area (Å²) in [7, 11) is -2.05. The molecule has 1 rings (SSSR count). The Balaban J connectivity index is 3.05. The van der Waals surface area contributed by atoms with Crippen LogP contribution in [0.25, 0.3) is 0 Å². The van der Waals surface area contributed by atoms with Gasteiger partial charge in [-0.1, -0.05) is 0 Å². The van der Waals surface area contributed by atoms with Crippen molar-refractivity contribution in [3.05, 3.63) is 22.4 Å². The molecule has 0 radical (unpaired) electrons. The first kappa shape index (κ1) is 10.1. The van der Waals surface area contributed by atoms with Gasteiger partial charge in [-0.3, -0.25) is 0 Å². The molecule has 0 bridgehead atoms. The van der Waals surface area contributed by atoms with Crippen LogP contribution < -0.4 is 10.5 Å². The summed E-state index contributed by atoms with van der Waals surface area (Å²) in [5.41, 5.74) is 5.51. The fraction of sp³-hybridized carbons (Fsp3) is 0.429. The molecule has 5 nitrogen and oxygen atoms in total. The molecule has 6 heteroatoms. The van der Waals surface area contributed by atoms with E-state index in [-0.39, 0.29) is 29.2 Å². The van der Waals surface area contributed by atoms with Gasteiger partial charge < -0.3 is 10.8 Å². The Morgan fingerprint density at radius 1 is 1.54 bits per heavy atom. The summed E-state index contributed by atoms with van der Waals surface area (Å²) in [5, 5.41) is 9.13. The van der Waals surface area contributed by atoms with E-state index in [1.165, 1.54) is 13.1 Å². The Morgan fingerprint density at radius 2 is 2.15 bits per heavy atom. The number of nitrogens with one attached hydrogen (secondary N) is 1. The van der Waals surface area contributed by atoms with E-state index >= 15 is 0 Å². The minimum atomic E-state index is -3.39. The number of rotatable bonds is 2. The second kappa shape index (κ2) is 3.39. The summed E-state index contributed by atoms with van der Waals surface area (Å²) in [5.74, 6) is 0.0510. The summed E-state index contributed by atoms with van der Waals surface area (Å²) in [6.07, 6.45) is 1.85. The van der Waals surface area contributed by atoms with Gasteiger partial charge in [0.15, 0.2) is 0 Å². The summed E-state index contributed by atoms with van der Waals surface area (Å²) < 4.78 is 24.7.